The molecule has 2 amide bonds. The molecule has 1 aromatic carbocycles. The Morgan fingerprint density at radius 3 is 2.42 bits per heavy atom. The second kappa shape index (κ2) is 11.5. The molecule has 2 aliphatic heterocycles. The minimum Gasteiger partial charge on any atom is -0.490 e. The molecule has 8 heteroatoms. The number of hydrogen-bond donors (Lipinski definition) is 2. The maximum atomic E-state index is 13.0. The van der Waals surface area contributed by atoms with Crippen molar-refractivity contribution in [2.45, 2.75) is 78.1 Å². The van der Waals surface area contributed by atoms with Crippen molar-refractivity contribution in [2.75, 3.05) is 32.7 Å². The summed E-state index contributed by atoms with van der Waals surface area (Å²) in [4.78, 5) is 29.5. The number of benzene rings is 1. The van der Waals surface area contributed by atoms with Crippen molar-refractivity contribution in [1.29, 1.82) is 5.41 Å². The quantitative estimate of drug-likeness (QED) is 0.565. The first-order valence-corrected chi connectivity index (χ1v) is 13.2. The summed E-state index contributed by atoms with van der Waals surface area (Å²) in [6, 6.07) is 6.17. The van der Waals surface area contributed by atoms with Gasteiger partial charge in [-0.1, -0.05) is 6.07 Å². The fourth-order valence-corrected chi connectivity index (χ4v) is 5.34. The molecule has 0 radical (unpaired) electrons. The van der Waals surface area contributed by atoms with Gasteiger partial charge in [0.1, 0.15) is 17.6 Å². The highest BCUT2D eigenvalue weighted by Crippen LogP contribution is 2.26. The minimum absolute atomic E-state index is 0.0335. The zero-order valence-corrected chi connectivity index (χ0v) is 22.1. The largest absolute Gasteiger partial charge is 0.490 e. The SMILES string of the molecule is Cc1ccc(OC2CCN(C(=O)CNC3=C(C(=N)C(=O)N4C[C@@H](C)O[C@@H](C)C4)CCC3)CC2)cc1C. The third-order valence-electron chi connectivity index (χ3n) is 7.47. The maximum absolute atomic E-state index is 13.0. The summed E-state index contributed by atoms with van der Waals surface area (Å²) in [6.07, 6.45) is 4.01. The van der Waals surface area contributed by atoms with Gasteiger partial charge in [0.05, 0.1) is 18.8 Å². The second-order valence-corrected chi connectivity index (χ2v) is 10.5. The Balaban J connectivity index is 1.27. The van der Waals surface area contributed by atoms with Gasteiger partial charge in [-0.3, -0.25) is 15.0 Å². The third-order valence-corrected chi connectivity index (χ3v) is 7.47. The number of carbonyl (C=O) groups is 2. The Morgan fingerprint density at radius 1 is 1.06 bits per heavy atom. The van der Waals surface area contributed by atoms with Crippen LogP contribution in [0.25, 0.3) is 0 Å². The molecule has 36 heavy (non-hydrogen) atoms. The number of aryl methyl sites for hydroxylation is 2. The van der Waals surface area contributed by atoms with E-state index in [0.29, 0.717) is 32.6 Å². The van der Waals surface area contributed by atoms with Crippen LogP contribution in [0.3, 0.4) is 0 Å². The number of rotatable bonds is 7. The van der Waals surface area contributed by atoms with Crippen molar-refractivity contribution in [1.82, 2.24) is 15.1 Å². The van der Waals surface area contributed by atoms with Crippen molar-refractivity contribution in [3.63, 3.8) is 0 Å². The molecule has 3 aliphatic rings. The summed E-state index contributed by atoms with van der Waals surface area (Å²) in [7, 11) is 0. The van der Waals surface area contributed by atoms with Gasteiger partial charge in [0, 0.05) is 50.3 Å². The maximum Gasteiger partial charge on any atom is 0.272 e. The van der Waals surface area contributed by atoms with Crippen LogP contribution < -0.4 is 10.1 Å². The summed E-state index contributed by atoms with van der Waals surface area (Å²) in [5.74, 6) is 0.695. The van der Waals surface area contributed by atoms with E-state index in [-0.39, 0.29) is 42.4 Å². The van der Waals surface area contributed by atoms with Gasteiger partial charge in [-0.2, -0.15) is 0 Å². The highest BCUT2D eigenvalue weighted by atomic mass is 16.5. The van der Waals surface area contributed by atoms with Gasteiger partial charge in [-0.25, -0.2) is 0 Å². The summed E-state index contributed by atoms with van der Waals surface area (Å²) in [6.45, 7) is 10.6. The van der Waals surface area contributed by atoms with Gasteiger partial charge in [0.15, 0.2) is 0 Å². The van der Waals surface area contributed by atoms with Gasteiger partial charge < -0.3 is 24.6 Å². The molecule has 2 heterocycles. The smallest absolute Gasteiger partial charge is 0.272 e. The number of carbonyl (C=O) groups excluding carboxylic acids is 2. The number of ether oxygens (including phenoxy) is 2. The number of hydrogen-bond acceptors (Lipinski definition) is 6. The summed E-state index contributed by atoms with van der Waals surface area (Å²) >= 11 is 0. The molecule has 0 saturated carbocycles. The third kappa shape index (κ3) is 6.27. The molecule has 1 aliphatic carbocycles. The highest BCUT2D eigenvalue weighted by molar-refractivity contribution is 6.44. The average molecular weight is 497 g/mol. The van der Waals surface area contributed by atoms with E-state index in [0.717, 1.165) is 42.7 Å². The van der Waals surface area contributed by atoms with Crippen molar-refractivity contribution < 1.29 is 19.1 Å². The molecule has 1 aromatic rings. The zero-order chi connectivity index (χ0) is 25.8. The summed E-state index contributed by atoms with van der Waals surface area (Å²) < 4.78 is 11.9. The van der Waals surface area contributed by atoms with E-state index in [4.69, 9.17) is 14.9 Å². The van der Waals surface area contributed by atoms with Crippen LogP contribution in [-0.4, -0.2) is 78.4 Å². The number of nitrogens with one attached hydrogen (secondary N) is 2. The lowest BCUT2D eigenvalue weighted by molar-refractivity contribution is -0.136. The molecule has 2 N–H and O–H groups in total. The van der Waals surface area contributed by atoms with Crippen LogP contribution in [-0.2, 0) is 14.3 Å². The van der Waals surface area contributed by atoms with Crippen LogP contribution in [0.15, 0.2) is 29.5 Å². The molecule has 0 bridgehead atoms. The van der Waals surface area contributed by atoms with E-state index in [2.05, 4.69) is 31.3 Å². The van der Waals surface area contributed by atoms with E-state index in [1.54, 1.807) is 4.90 Å². The van der Waals surface area contributed by atoms with Crippen molar-refractivity contribution >= 4 is 17.5 Å². The Kier molecular flexibility index (Phi) is 8.34. The fraction of sp³-hybridized carbons (Fsp3) is 0.607. The van der Waals surface area contributed by atoms with Crippen LogP contribution in [0, 0.1) is 19.3 Å². The van der Waals surface area contributed by atoms with E-state index >= 15 is 0 Å². The summed E-state index contributed by atoms with van der Waals surface area (Å²) in [5, 5.41) is 11.8. The van der Waals surface area contributed by atoms with Crippen LogP contribution >= 0.6 is 0 Å². The van der Waals surface area contributed by atoms with E-state index in [9.17, 15) is 9.59 Å². The molecule has 4 rings (SSSR count). The van der Waals surface area contributed by atoms with Gasteiger partial charge in [0.2, 0.25) is 5.91 Å². The topological polar surface area (TPSA) is 95.0 Å². The van der Waals surface area contributed by atoms with Crippen LogP contribution in [0.5, 0.6) is 5.75 Å². The molecular weight excluding hydrogens is 456 g/mol. The average Bonchev–Trinajstić information content (AvgIpc) is 3.32. The second-order valence-electron chi connectivity index (χ2n) is 10.5. The zero-order valence-electron chi connectivity index (χ0n) is 22.1. The van der Waals surface area contributed by atoms with Crippen LogP contribution in [0.4, 0.5) is 0 Å². The standard InChI is InChI=1S/C28H40N4O4/c1-18-8-9-23(14-19(18)2)36-22-10-12-31(13-11-22)26(33)15-30-25-7-5-6-24(25)27(29)28(34)32-16-20(3)35-21(4)17-32/h8-9,14,20-22,29-30H,5-7,10-13,15-17H2,1-4H3/t20-,21+. The molecule has 8 nitrogen and oxygen atoms in total. The van der Waals surface area contributed by atoms with Gasteiger partial charge in [-0.15, -0.1) is 0 Å². The molecule has 2 atom stereocenters. The van der Waals surface area contributed by atoms with Crippen LogP contribution in [0.1, 0.15) is 57.1 Å². The first-order valence-electron chi connectivity index (χ1n) is 13.2. The molecule has 0 unspecified atom stereocenters. The Hall–Kier alpha value is -2.87. The van der Waals surface area contributed by atoms with Crippen molar-refractivity contribution in [3.8, 4) is 5.75 Å². The number of allylic oxidation sites excluding steroid dienone is 1. The van der Waals surface area contributed by atoms with Crippen molar-refractivity contribution in [3.05, 3.63) is 40.6 Å². The van der Waals surface area contributed by atoms with E-state index < -0.39 is 0 Å². The lowest BCUT2D eigenvalue weighted by atomic mass is 10.1. The Bertz CT molecular complexity index is 1020. The number of nitrogens with zero attached hydrogens (tertiary/aromatic N) is 2. The number of piperidine rings is 1. The summed E-state index contributed by atoms with van der Waals surface area (Å²) in [5.41, 5.74) is 4.13. The lowest BCUT2D eigenvalue weighted by Gasteiger charge is -2.35. The lowest BCUT2D eigenvalue weighted by Crippen LogP contribution is -2.50. The number of likely N-dealkylation sites (tertiary alicyclic amines) is 1. The molecular formula is C28H40N4O4. The first-order chi connectivity index (χ1) is 17.2. The van der Waals surface area contributed by atoms with Crippen LogP contribution in [0.2, 0.25) is 0 Å². The van der Waals surface area contributed by atoms with Gasteiger partial charge >= 0.3 is 0 Å². The molecule has 196 valence electrons. The number of morpholine rings is 1. The van der Waals surface area contributed by atoms with Gasteiger partial charge in [-0.05, 0) is 70.2 Å². The van der Waals surface area contributed by atoms with Crippen molar-refractivity contribution in [2.24, 2.45) is 0 Å². The normalized spacial score (nSPS) is 23.1. The van der Waals surface area contributed by atoms with E-state index in [1.165, 1.54) is 11.1 Å². The molecule has 0 aromatic heterocycles. The molecule has 2 fully saturated rings. The fourth-order valence-electron chi connectivity index (χ4n) is 5.34. The molecule has 2 saturated heterocycles. The minimum atomic E-state index is -0.245. The number of amides is 2. The Labute approximate surface area is 214 Å². The monoisotopic (exact) mass is 496 g/mol. The highest BCUT2D eigenvalue weighted by Gasteiger charge is 2.31. The predicted molar refractivity (Wildman–Crippen MR) is 139 cm³/mol. The molecule has 0 spiro atoms. The van der Waals surface area contributed by atoms with Gasteiger partial charge in [0.25, 0.3) is 5.91 Å². The predicted octanol–water partition coefficient (Wildman–Crippen LogP) is 3.36. The van der Waals surface area contributed by atoms with E-state index in [1.807, 2.05) is 24.8 Å². The first kappa shape index (κ1) is 26.2. The Morgan fingerprint density at radius 2 is 1.75 bits per heavy atom.